The Balaban J connectivity index is 1.44. The van der Waals surface area contributed by atoms with E-state index in [0.717, 1.165) is 17.3 Å². The van der Waals surface area contributed by atoms with Gasteiger partial charge in [0.15, 0.2) is 11.5 Å². The summed E-state index contributed by atoms with van der Waals surface area (Å²) in [5.74, 6) is 0.816. The number of anilines is 1. The largest absolute Gasteiger partial charge is 0.459 e. The van der Waals surface area contributed by atoms with Crippen molar-refractivity contribution in [3.05, 3.63) is 47.7 Å². The lowest BCUT2D eigenvalue weighted by molar-refractivity contribution is 0.102. The van der Waals surface area contributed by atoms with Crippen molar-refractivity contribution in [3.63, 3.8) is 0 Å². The van der Waals surface area contributed by atoms with Crippen LogP contribution in [0.5, 0.6) is 0 Å². The van der Waals surface area contributed by atoms with Crippen molar-refractivity contribution in [1.82, 2.24) is 10.2 Å². The average molecular weight is 419 g/mol. The summed E-state index contributed by atoms with van der Waals surface area (Å²) >= 11 is 1.15. The highest BCUT2D eigenvalue weighted by molar-refractivity contribution is 7.99. The van der Waals surface area contributed by atoms with Crippen LogP contribution in [-0.4, -0.2) is 42.4 Å². The minimum Gasteiger partial charge on any atom is -0.459 e. The zero-order valence-electron chi connectivity index (χ0n) is 15.0. The quantitative estimate of drug-likeness (QED) is 0.425. The van der Waals surface area contributed by atoms with Gasteiger partial charge in [-0.3, -0.25) is 9.10 Å². The monoisotopic (exact) mass is 419 g/mol. The third kappa shape index (κ3) is 3.57. The molecule has 0 bridgehead atoms. The minimum atomic E-state index is -3.30. The van der Waals surface area contributed by atoms with Crippen LogP contribution in [0.15, 0.2) is 50.7 Å². The topological polar surface area (TPSA) is 107 Å². The molecule has 2 aromatic heterocycles. The fourth-order valence-electron chi connectivity index (χ4n) is 2.97. The standard InChI is InChI=1S/C18H17N3O5S2/c1-2-28(23,24)21-8-7-12-10-13(5-6-14(12)21)15(22)11-27-18-20-19-17(26-18)16-4-3-9-25-16/h3-6,9-10H,2,7-8,11H2,1H3. The normalized spacial score (nSPS) is 13.7. The Labute approximate surface area is 166 Å². The molecule has 1 aliphatic rings. The van der Waals surface area contributed by atoms with Crippen LogP contribution in [0.1, 0.15) is 22.8 Å². The second-order valence-corrected chi connectivity index (χ2v) is 9.24. The first-order valence-corrected chi connectivity index (χ1v) is 11.2. The third-order valence-corrected chi connectivity index (χ3v) is 7.02. The molecule has 10 heteroatoms. The lowest BCUT2D eigenvalue weighted by Gasteiger charge is -2.18. The number of thioether (sulfide) groups is 1. The van der Waals surface area contributed by atoms with Crippen molar-refractivity contribution >= 4 is 33.3 Å². The van der Waals surface area contributed by atoms with E-state index in [-0.39, 0.29) is 28.4 Å². The molecule has 0 radical (unpaired) electrons. The van der Waals surface area contributed by atoms with Gasteiger partial charge in [0.1, 0.15) is 0 Å². The van der Waals surface area contributed by atoms with E-state index in [1.165, 1.54) is 10.6 Å². The van der Waals surface area contributed by atoms with E-state index in [0.29, 0.717) is 30.0 Å². The number of hydrogen-bond donors (Lipinski definition) is 0. The maximum atomic E-state index is 12.5. The number of fused-ring (bicyclic) bond motifs is 1. The first-order chi connectivity index (χ1) is 13.5. The van der Waals surface area contributed by atoms with Crippen molar-refractivity contribution in [3.8, 4) is 11.7 Å². The molecule has 0 fully saturated rings. The molecule has 0 amide bonds. The Morgan fingerprint density at radius 3 is 2.89 bits per heavy atom. The smallest absolute Gasteiger partial charge is 0.284 e. The van der Waals surface area contributed by atoms with E-state index in [4.69, 9.17) is 8.83 Å². The third-order valence-electron chi connectivity index (χ3n) is 4.42. The predicted molar refractivity (Wildman–Crippen MR) is 104 cm³/mol. The van der Waals surface area contributed by atoms with Crippen LogP contribution in [0.3, 0.4) is 0 Å². The number of benzene rings is 1. The second-order valence-electron chi connectivity index (χ2n) is 6.13. The van der Waals surface area contributed by atoms with Crippen LogP contribution < -0.4 is 4.31 Å². The second kappa shape index (κ2) is 7.44. The van der Waals surface area contributed by atoms with Gasteiger partial charge in [0.25, 0.3) is 11.1 Å². The number of carbonyl (C=O) groups excluding carboxylic acids is 1. The Morgan fingerprint density at radius 2 is 2.14 bits per heavy atom. The summed E-state index contributed by atoms with van der Waals surface area (Å²) in [6.07, 6.45) is 2.11. The van der Waals surface area contributed by atoms with Crippen LogP contribution in [-0.2, 0) is 16.4 Å². The molecule has 146 valence electrons. The maximum absolute atomic E-state index is 12.5. The molecule has 0 spiro atoms. The maximum Gasteiger partial charge on any atom is 0.284 e. The molecule has 28 heavy (non-hydrogen) atoms. The van der Waals surface area contributed by atoms with Crippen LogP contribution >= 0.6 is 11.8 Å². The SMILES string of the molecule is CCS(=O)(=O)N1CCc2cc(C(=O)CSc3nnc(-c4ccco4)o3)ccc21. The summed E-state index contributed by atoms with van der Waals surface area (Å²) in [6, 6.07) is 8.56. The Morgan fingerprint density at radius 1 is 1.29 bits per heavy atom. The van der Waals surface area contributed by atoms with Crippen LogP contribution in [0.4, 0.5) is 5.69 Å². The van der Waals surface area contributed by atoms with Crippen molar-refractivity contribution in [2.24, 2.45) is 0 Å². The van der Waals surface area contributed by atoms with Crippen molar-refractivity contribution in [2.75, 3.05) is 22.4 Å². The summed E-state index contributed by atoms with van der Waals surface area (Å²) in [5.41, 5.74) is 2.06. The number of rotatable bonds is 7. The number of furan rings is 1. The van der Waals surface area contributed by atoms with Gasteiger partial charge in [-0.1, -0.05) is 11.8 Å². The fraction of sp³-hybridized carbons (Fsp3) is 0.278. The fourth-order valence-corrected chi connectivity index (χ4v) is 4.78. The van der Waals surface area contributed by atoms with Crippen LogP contribution in [0.25, 0.3) is 11.7 Å². The number of ketones is 1. The lowest BCUT2D eigenvalue weighted by atomic mass is 10.1. The van der Waals surface area contributed by atoms with E-state index < -0.39 is 10.0 Å². The van der Waals surface area contributed by atoms with Crippen LogP contribution in [0, 0.1) is 0 Å². The molecule has 8 nitrogen and oxygen atoms in total. The molecule has 3 heterocycles. The Kier molecular flexibility index (Phi) is 4.98. The van der Waals surface area contributed by atoms with E-state index >= 15 is 0 Å². The Hall–Kier alpha value is -2.59. The van der Waals surface area contributed by atoms with Gasteiger partial charge in [0.2, 0.25) is 10.0 Å². The number of carbonyl (C=O) groups is 1. The highest BCUT2D eigenvalue weighted by atomic mass is 32.2. The molecule has 0 atom stereocenters. The molecule has 1 aliphatic heterocycles. The molecule has 4 rings (SSSR count). The zero-order valence-corrected chi connectivity index (χ0v) is 16.6. The number of Topliss-reactive ketones (excluding diaryl/α,β-unsaturated/α-hetero) is 1. The highest BCUT2D eigenvalue weighted by Crippen LogP contribution is 2.32. The molecular weight excluding hydrogens is 402 g/mol. The van der Waals surface area contributed by atoms with Gasteiger partial charge >= 0.3 is 0 Å². The van der Waals surface area contributed by atoms with Gasteiger partial charge in [-0.15, -0.1) is 10.2 Å². The highest BCUT2D eigenvalue weighted by Gasteiger charge is 2.28. The molecule has 0 unspecified atom stereocenters. The number of hydrogen-bond acceptors (Lipinski definition) is 8. The van der Waals surface area contributed by atoms with E-state index in [1.807, 2.05) is 0 Å². The summed E-state index contributed by atoms with van der Waals surface area (Å²) in [6.45, 7) is 2.03. The number of sulfonamides is 1. The molecule has 0 aliphatic carbocycles. The summed E-state index contributed by atoms with van der Waals surface area (Å²) < 4.78 is 36.4. The minimum absolute atomic E-state index is 0.0495. The Bertz CT molecular complexity index is 1110. The lowest BCUT2D eigenvalue weighted by Crippen LogP contribution is -2.30. The zero-order chi connectivity index (χ0) is 19.7. The molecule has 0 saturated carbocycles. The van der Waals surface area contributed by atoms with Gasteiger partial charge in [0.05, 0.1) is 23.5 Å². The van der Waals surface area contributed by atoms with Crippen molar-refractivity contribution < 1.29 is 22.0 Å². The molecule has 0 saturated heterocycles. The average Bonchev–Trinajstić information content (AvgIpc) is 3.45. The van der Waals surface area contributed by atoms with Crippen molar-refractivity contribution in [1.29, 1.82) is 0 Å². The summed E-state index contributed by atoms with van der Waals surface area (Å²) in [4.78, 5) is 12.5. The van der Waals surface area contributed by atoms with E-state index in [9.17, 15) is 13.2 Å². The van der Waals surface area contributed by atoms with Crippen molar-refractivity contribution in [2.45, 2.75) is 18.6 Å². The summed E-state index contributed by atoms with van der Waals surface area (Å²) in [5, 5.41) is 8.07. The van der Waals surface area contributed by atoms with Gasteiger partial charge < -0.3 is 8.83 Å². The van der Waals surface area contributed by atoms with Gasteiger partial charge in [-0.05, 0) is 49.2 Å². The first-order valence-electron chi connectivity index (χ1n) is 8.64. The number of nitrogens with zero attached hydrogens (tertiary/aromatic N) is 3. The summed E-state index contributed by atoms with van der Waals surface area (Å²) in [7, 11) is -3.30. The van der Waals surface area contributed by atoms with E-state index in [2.05, 4.69) is 10.2 Å². The van der Waals surface area contributed by atoms with Gasteiger partial charge in [-0.25, -0.2) is 8.42 Å². The number of aromatic nitrogens is 2. The van der Waals surface area contributed by atoms with Gasteiger partial charge in [0, 0.05) is 12.1 Å². The molecule has 1 aromatic carbocycles. The van der Waals surface area contributed by atoms with Gasteiger partial charge in [-0.2, -0.15) is 0 Å². The molecule has 3 aromatic rings. The molecule has 0 N–H and O–H groups in total. The van der Waals surface area contributed by atoms with E-state index in [1.54, 1.807) is 37.3 Å². The molecular formula is C18H17N3O5S2. The first kappa shape index (κ1) is 18.8. The van der Waals surface area contributed by atoms with Crippen LogP contribution in [0.2, 0.25) is 0 Å². The predicted octanol–water partition coefficient (Wildman–Crippen LogP) is 3.02.